The maximum absolute atomic E-state index is 11.4. The smallest absolute Gasteiger partial charge is 0.246 e. The van der Waals surface area contributed by atoms with Gasteiger partial charge in [-0.2, -0.15) is 0 Å². The van der Waals surface area contributed by atoms with Gasteiger partial charge in [0.05, 0.1) is 0 Å². The first-order valence-corrected chi connectivity index (χ1v) is 4.87. The largest absolute Gasteiger partial charge is 0.352 e. The molecule has 13 heavy (non-hydrogen) atoms. The summed E-state index contributed by atoms with van der Waals surface area (Å²) in [7, 11) is 0. The summed E-state index contributed by atoms with van der Waals surface area (Å²) in [4.78, 5) is 11.4. The molecule has 1 rings (SSSR count). The van der Waals surface area contributed by atoms with E-state index in [-0.39, 0.29) is 11.3 Å². The quantitative estimate of drug-likeness (QED) is 0.570. The van der Waals surface area contributed by atoms with Crippen LogP contribution in [0.5, 0.6) is 0 Å². The number of carbonyl (C=O) groups excluding carboxylic acids is 1. The maximum Gasteiger partial charge on any atom is 0.246 e. The lowest BCUT2D eigenvalue weighted by atomic mass is 9.80. The van der Waals surface area contributed by atoms with Gasteiger partial charge in [0.25, 0.3) is 0 Å². The second-order valence-electron chi connectivity index (χ2n) is 4.96. The third kappa shape index (κ3) is 2.87. The molecule has 1 aliphatic rings. The van der Waals surface area contributed by atoms with E-state index in [1.54, 1.807) is 0 Å². The Kier molecular flexibility index (Phi) is 2.79. The van der Waals surface area contributed by atoms with E-state index in [0.29, 0.717) is 5.92 Å². The van der Waals surface area contributed by atoms with E-state index in [1.807, 2.05) is 0 Å². The van der Waals surface area contributed by atoms with E-state index in [9.17, 15) is 4.79 Å². The van der Waals surface area contributed by atoms with Crippen LogP contribution < -0.4 is 5.32 Å². The first-order valence-electron chi connectivity index (χ1n) is 4.87. The fourth-order valence-electron chi connectivity index (χ4n) is 2.05. The van der Waals surface area contributed by atoms with Crippen LogP contribution in [0.4, 0.5) is 0 Å². The van der Waals surface area contributed by atoms with Gasteiger partial charge in [0.2, 0.25) is 5.91 Å². The Balaban J connectivity index is 2.70. The van der Waals surface area contributed by atoms with Gasteiger partial charge in [-0.15, -0.1) is 0 Å². The van der Waals surface area contributed by atoms with Crippen molar-refractivity contribution in [2.24, 2.45) is 11.3 Å². The van der Waals surface area contributed by atoms with Crippen LogP contribution in [0.15, 0.2) is 12.2 Å². The molecule has 1 N–H and O–H groups in total. The summed E-state index contributed by atoms with van der Waals surface area (Å²) in [6, 6.07) is 0. The lowest BCUT2D eigenvalue weighted by Gasteiger charge is -2.31. The molecule has 0 aromatic heterocycles. The monoisotopic (exact) mass is 181 g/mol. The molecule has 1 amide bonds. The lowest BCUT2D eigenvalue weighted by Crippen LogP contribution is -2.38. The molecule has 0 spiro atoms. The van der Waals surface area contributed by atoms with Crippen LogP contribution in [0.25, 0.3) is 0 Å². The molecule has 2 nitrogen and oxygen atoms in total. The lowest BCUT2D eigenvalue weighted by molar-refractivity contribution is -0.118. The van der Waals surface area contributed by atoms with Gasteiger partial charge in [-0.05, 0) is 24.2 Å². The minimum Gasteiger partial charge on any atom is -0.352 e. The summed E-state index contributed by atoms with van der Waals surface area (Å²) >= 11 is 0. The Hall–Kier alpha value is -0.790. The molecule has 1 fully saturated rings. The fraction of sp³-hybridized carbons (Fsp3) is 0.727. The molecule has 0 aromatic rings. The summed E-state index contributed by atoms with van der Waals surface area (Å²) in [5.41, 5.74) is 0.943. The minimum atomic E-state index is 0.0274. The van der Waals surface area contributed by atoms with Crippen molar-refractivity contribution in [1.82, 2.24) is 5.32 Å². The molecule has 0 radical (unpaired) electrons. The van der Waals surface area contributed by atoms with Crippen LogP contribution in [-0.4, -0.2) is 12.5 Å². The highest BCUT2D eigenvalue weighted by Gasteiger charge is 2.26. The van der Waals surface area contributed by atoms with Crippen molar-refractivity contribution in [1.29, 1.82) is 0 Å². The highest BCUT2D eigenvalue weighted by atomic mass is 16.1. The second-order valence-corrected chi connectivity index (χ2v) is 4.96. The van der Waals surface area contributed by atoms with Crippen LogP contribution in [0, 0.1) is 11.3 Å². The zero-order valence-corrected chi connectivity index (χ0v) is 8.81. The van der Waals surface area contributed by atoms with E-state index >= 15 is 0 Å². The van der Waals surface area contributed by atoms with Crippen molar-refractivity contribution < 1.29 is 4.79 Å². The number of carbonyl (C=O) groups is 1. The number of rotatable bonds is 0. The molecule has 1 unspecified atom stereocenters. The molecule has 1 saturated heterocycles. The topological polar surface area (TPSA) is 29.1 Å². The van der Waals surface area contributed by atoms with E-state index in [0.717, 1.165) is 25.0 Å². The average molecular weight is 181 g/mol. The molecule has 0 bridgehead atoms. The van der Waals surface area contributed by atoms with Crippen molar-refractivity contribution >= 4 is 5.91 Å². The Morgan fingerprint density at radius 3 is 2.77 bits per heavy atom. The van der Waals surface area contributed by atoms with Gasteiger partial charge >= 0.3 is 0 Å². The molecule has 2 heteroatoms. The van der Waals surface area contributed by atoms with E-state index < -0.39 is 0 Å². The van der Waals surface area contributed by atoms with Crippen molar-refractivity contribution in [2.75, 3.05) is 6.54 Å². The molecule has 0 aromatic carbocycles. The summed E-state index contributed by atoms with van der Waals surface area (Å²) in [6.45, 7) is 11.1. The van der Waals surface area contributed by atoms with Gasteiger partial charge in [-0.25, -0.2) is 0 Å². The molecule has 0 aliphatic carbocycles. The van der Waals surface area contributed by atoms with Crippen LogP contribution in [0.1, 0.15) is 33.6 Å². The van der Waals surface area contributed by atoms with Crippen molar-refractivity contribution in [3.8, 4) is 0 Å². The van der Waals surface area contributed by atoms with Crippen molar-refractivity contribution in [3.63, 3.8) is 0 Å². The Labute approximate surface area is 80.4 Å². The zero-order valence-electron chi connectivity index (χ0n) is 8.81. The number of hydrogen-bond donors (Lipinski definition) is 1. The molecule has 1 heterocycles. The van der Waals surface area contributed by atoms with Crippen LogP contribution in [-0.2, 0) is 4.79 Å². The molecular formula is C11H19NO. The number of hydrogen-bond acceptors (Lipinski definition) is 1. The predicted molar refractivity (Wildman–Crippen MR) is 54.3 cm³/mol. The molecular weight excluding hydrogens is 162 g/mol. The first kappa shape index (κ1) is 10.3. The van der Waals surface area contributed by atoms with Crippen LogP contribution >= 0.6 is 0 Å². The summed E-state index contributed by atoms with van der Waals surface area (Å²) < 4.78 is 0. The summed E-state index contributed by atoms with van der Waals surface area (Å²) in [6.07, 6.45) is 1.97. The van der Waals surface area contributed by atoms with Gasteiger partial charge in [0, 0.05) is 12.1 Å². The number of nitrogens with one attached hydrogen (secondary N) is 1. The molecule has 0 saturated carbocycles. The van der Waals surface area contributed by atoms with E-state index in [2.05, 4.69) is 32.7 Å². The third-order valence-corrected chi connectivity index (χ3v) is 2.54. The average Bonchev–Trinajstić information content (AvgIpc) is 1.97. The van der Waals surface area contributed by atoms with Gasteiger partial charge in [0.15, 0.2) is 0 Å². The molecule has 1 aliphatic heterocycles. The predicted octanol–water partition coefficient (Wildman–Crippen LogP) is 2.11. The van der Waals surface area contributed by atoms with Crippen molar-refractivity contribution in [3.05, 3.63) is 12.2 Å². The normalized spacial score (nSPS) is 29.0. The molecule has 74 valence electrons. The van der Waals surface area contributed by atoms with E-state index in [4.69, 9.17) is 0 Å². The van der Waals surface area contributed by atoms with Gasteiger partial charge in [-0.3, -0.25) is 4.79 Å². The van der Waals surface area contributed by atoms with E-state index in [1.165, 1.54) is 0 Å². The third-order valence-electron chi connectivity index (χ3n) is 2.54. The van der Waals surface area contributed by atoms with Crippen molar-refractivity contribution in [2.45, 2.75) is 33.6 Å². The van der Waals surface area contributed by atoms with Gasteiger partial charge in [-0.1, -0.05) is 27.4 Å². The number of amides is 1. The zero-order chi connectivity index (χ0) is 10.1. The SMILES string of the molecule is C=C1CC(C)CC(C)(C)CNC1=O. The summed E-state index contributed by atoms with van der Waals surface area (Å²) in [5, 5.41) is 2.91. The second kappa shape index (κ2) is 3.52. The fourth-order valence-corrected chi connectivity index (χ4v) is 2.05. The first-order chi connectivity index (χ1) is 5.91. The maximum atomic E-state index is 11.4. The standard InChI is InChI=1S/C11H19NO/c1-8-5-9(2)10(13)12-7-11(3,4)6-8/h8H,2,5-7H2,1,3-4H3,(H,12,13). The van der Waals surface area contributed by atoms with Gasteiger partial charge < -0.3 is 5.32 Å². The summed E-state index contributed by atoms with van der Waals surface area (Å²) in [5.74, 6) is 0.591. The highest BCUT2D eigenvalue weighted by molar-refractivity contribution is 5.92. The minimum absolute atomic E-state index is 0.0274. The van der Waals surface area contributed by atoms with Gasteiger partial charge in [0.1, 0.15) is 0 Å². The Bertz CT molecular complexity index is 230. The Morgan fingerprint density at radius 2 is 2.15 bits per heavy atom. The molecule has 1 atom stereocenters. The van der Waals surface area contributed by atoms with Crippen LogP contribution in [0.2, 0.25) is 0 Å². The van der Waals surface area contributed by atoms with Crippen LogP contribution in [0.3, 0.4) is 0 Å². The Morgan fingerprint density at radius 1 is 1.54 bits per heavy atom. The highest BCUT2D eigenvalue weighted by Crippen LogP contribution is 2.29.